The van der Waals surface area contributed by atoms with Crippen molar-refractivity contribution in [3.05, 3.63) is 34.6 Å². The Bertz CT molecular complexity index is 280. The molecule has 2 aromatic rings. The molecule has 5 heteroatoms. The second-order valence-electron chi connectivity index (χ2n) is 2.23. The first-order valence-electron chi connectivity index (χ1n) is 3.44. The molecule has 0 N–H and O–H groups in total. The highest BCUT2D eigenvalue weighted by molar-refractivity contribution is 7.03. The molecule has 0 aliphatic heterocycles. The molecule has 0 fully saturated rings. The van der Waals surface area contributed by atoms with Gasteiger partial charge in [-0.15, -0.1) is 5.10 Å². The molecule has 3 nitrogen and oxygen atoms in total. The molecule has 0 spiro atoms. The summed E-state index contributed by atoms with van der Waals surface area (Å²) in [5, 5.41) is 7.80. The third kappa shape index (κ3) is 1.86. The van der Waals surface area contributed by atoms with Crippen LogP contribution in [0.3, 0.4) is 0 Å². The maximum absolute atomic E-state index is 4.18. The van der Waals surface area contributed by atoms with Gasteiger partial charge in [0, 0.05) is 17.2 Å². The van der Waals surface area contributed by atoms with Gasteiger partial charge in [-0.05, 0) is 35.6 Å². The molecule has 61 valence electrons. The summed E-state index contributed by atoms with van der Waals surface area (Å²) < 4.78 is 7.95. The second kappa shape index (κ2) is 3.73. The van der Waals surface area contributed by atoms with Crippen molar-refractivity contribution in [1.82, 2.24) is 14.0 Å². The van der Waals surface area contributed by atoms with Crippen LogP contribution < -0.4 is 0 Å². The van der Waals surface area contributed by atoms with Gasteiger partial charge >= 0.3 is 0 Å². The average molecular weight is 196 g/mol. The molecule has 2 heterocycles. The smallest absolute Gasteiger partial charge is 0.0797 e. The highest BCUT2D eigenvalue weighted by Crippen LogP contribution is 2.07. The van der Waals surface area contributed by atoms with E-state index in [4.69, 9.17) is 0 Å². The van der Waals surface area contributed by atoms with E-state index < -0.39 is 0 Å². The molecule has 12 heavy (non-hydrogen) atoms. The zero-order valence-electron chi connectivity index (χ0n) is 6.17. The molecule has 1 radical (unpaired) electrons. The highest BCUT2D eigenvalue weighted by atomic mass is 32.1. The molecular weight excluding hydrogens is 190 g/mol. The van der Waals surface area contributed by atoms with E-state index >= 15 is 0 Å². The van der Waals surface area contributed by atoms with Crippen LogP contribution in [0.25, 0.3) is 0 Å². The van der Waals surface area contributed by atoms with Gasteiger partial charge in [-0.2, -0.15) is 4.37 Å². The maximum Gasteiger partial charge on any atom is 0.0797 e. The minimum atomic E-state index is 0.842. The lowest BCUT2D eigenvalue weighted by Crippen LogP contribution is -1.88. The van der Waals surface area contributed by atoms with Crippen LogP contribution in [-0.4, -0.2) is 14.0 Å². The van der Waals surface area contributed by atoms with Gasteiger partial charge in [-0.3, -0.25) is 0 Å². The maximum atomic E-state index is 4.18. The van der Waals surface area contributed by atoms with Gasteiger partial charge in [0.1, 0.15) is 0 Å². The van der Waals surface area contributed by atoms with Crippen molar-refractivity contribution >= 4 is 23.1 Å². The Morgan fingerprint density at radius 2 is 2.42 bits per heavy atom. The summed E-state index contributed by atoms with van der Waals surface area (Å²) in [6, 6.07) is 2.01. The summed E-state index contributed by atoms with van der Waals surface area (Å²) in [7, 11) is 0. The van der Waals surface area contributed by atoms with Crippen LogP contribution >= 0.6 is 23.1 Å². The van der Waals surface area contributed by atoms with Crippen LogP contribution in [0.4, 0.5) is 0 Å². The number of rotatable bonds is 3. The Morgan fingerprint density at radius 3 is 3.08 bits per heavy atom. The molecule has 2 rings (SSSR count). The minimum absolute atomic E-state index is 0.842. The van der Waals surface area contributed by atoms with Gasteiger partial charge in [0.2, 0.25) is 0 Å². The van der Waals surface area contributed by atoms with Crippen LogP contribution in [0.5, 0.6) is 0 Å². The fourth-order valence-corrected chi connectivity index (χ4v) is 1.80. The summed E-state index contributed by atoms with van der Waals surface area (Å²) in [6.07, 6.45) is 2.87. The molecule has 0 unspecified atom stereocenters. The zero-order chi connectivity index (χ0) is 8.23. The molecule has 0 aliphatic rings. The molecule has 0 amide bonds. The van der Waals surface area contributed by atoms with Gasteiger partial charge in [-0.1, -0.05) is 4.49 Å². The lowest BCUT2D eigenvalue weighted by atomic mass is 10.2. The molecule has 0 aliphatic carbocycles. The Balaban J connectivity index is 1.91. The molecule has 0 atom stereocenters. The third-order valence-electron chi connectivity index (χ3n) is 1.39. The fourth-order valence-electron chi connectivity index (χ4n) is 0.813. The topological polar surface area (TPSA) is 38.7 Å². The van der Waals surface area contributed by atoms with Gasteiger partial charge in [0.05, 0.1) is 11.4 Å². The van der Waals surface area contributed by atoms with Crippen LogP contribution in [0, 0.1) is 6.42 Å². The van der Waals surface area contributed by atoms with Crippen molar-refractivity contribution < 1.29 is 0 Å². The summed E-state index contributed by atoms with van der Waals surface area (Å²) in [5.41, 5.74) is 2.03. The molecule has 0 saturated heterocycles. The van der Waals surface area contributed by atoms with Crippen LogP contribution in [0.2, 0.25) is 0 Å². The molecule has 0 bridgehead atoms. The monoisotopic (exact) mass is 196 g/mol. The Kier molecular flexibility index (Phi) is 2.43. The average Bonchev–Trinajstić information content (AvgIpc) is 2.74. The van der Waals surface area contributed by atoms with Crippen molar-refractivity contribution in [1.29, 1.82) is 0 Å². The lowest BCUT2D eigenvalue weighted by Gasteiger charge is -1.89. The Labute approximate surface area is 78.4 Å². The van der Waals surface area contributed by atoms with E-state index in [0.717, 1.165) is 17.8 Å². The molecule has 0 aromatic carbocycles. The van der Waals surface area contributed by atoms with Gasteiger partial charge in [-0.25, -0.2) is 0 Å². The van der Waals surface area contributed by atoms with Crippen molar-refractivity contribution in [3.63, 3.8) is 0 Å². The molecule has 2 aromatic heterocycles. The summed E-state index contributed by atoms with van der Waals surface area (Å²) in [4.78, 5) is 0. The molecule has 0 saturated carbocycles. The largest absolute Gasteiger partial charge is 0.198 e. The SMILES string of the molecule is [CH](Cc1ccsn1)c1csnn1. The summed E-state index contributed by atoms with van der Waals surface area (Å²) >= 11 is 2.84. The van der Waals surface area contributed by atoms with Crippen molar-refractivity contribution in [2.24, 2.45) is 0 Å². The van der Waals surface area contributed by atoms with Gasteiger partial charge in [0.15, 0.2) is 0 Å². The molecular formula is C7H6N3S2. The normalized spacial score (nSPS) is 10.3. The van der Waals surface area contributed by atoms with Crippen LogP contribution in [0.1, 0.15) is 11.4 Å². The first-order chi connectivity index (χ1) is 5.95. The zero-order valence-corrected chi connectivity index (χ0v) is 7.81. The van der Waals surface area contributed by atoms with Crippen LogP contribution in [0.15, 0.2) is 16.8 Å². The summed E-state index contributed by atoms with van der Waals surface area (Å²) in [6.45, 7) is 0. The summed E-state index contributed by atoms with van der Waals surface area (Å²) in [5.74, 6) is 0. The van der Waals surface area contributed by atoms with Gasteiger partial charge in [0.25, 0.3) is 0 Å². The van der Waals surface area contributed by atoms with E-state index in [1.54, 1.807) is 0 Å². The Hall–Kier alpha value is -0.810. The standard InChI is InChI=1S/C7H6N3S2/c1(6-3-4-11-9-6)2-7-5-12-10-8-7/h2-5H,1H2. The van der Waals surface area contributed by atoms with E-state index in [0.29, 0.717) is 0 Å². The second-order valence-corrected chi connectivity index (χ2v) is 3.50. The number of hydrogen-bond acceptors (Lipinski definition) is 5. The first kappa shape index (κ1) is 7.82. The van der Waals surface area contributed by atoms with E-state index in [-0.39, 0.29) is 0 Å². The highest BCUT2D eigenvalue weighted by Gasteiger charge is 1.99. The van der Waals surface area contributed by atoms with Crippen molar-refractivity contribution in [3.8, 4) is 0 Å². The van der Waals surface area contributed by atoms with Crippen LogP contribution in [-0.2, 0) is 6.42 Å². The third-order valence-corrected chi connectivity index (χ3v) is 2.51. The predicted octanol–water partition coefficient (Wildman–Crippen LogP) is 1.79. The van der Waals surface area contributed by atoms with E-state index in [1.165, 1.54) is 23.1 Å². The van der Waals surface area contributed by atoms with E-state index in [2.05, 4.69) is 14.0 Å². The number of aromatic nitrogens is 3. The quantitative estimate of drug-likeness (QED) is 0.751. The van der Waals surface area contributed by atoms with E-state index in [9.17, 15) is 0 Å². The lowest BCUT2D eigenvalue weighted by molar-refractivity contribution is 1.03. The van der Waals surface area contributed by atoms with Crippen molar-refractivity contribution in [2.45, 2.75) is 6.42 Å². The van der Waals surface area contributed by atoms with Gasteiger partial charge < -0.3 is 0 Å². The first-order valence-corrected chi connectivity index (χ1v) is 5.12. The van der Waals surface area contributed by atoms with Crippen molar-refractivity contribution in [2.75, 3.05) is 0 Å². The number of nitrogens with zero attached hydrogens (tertiary/aromatic N) is 3. The predicted molar refractivity (Wildman–Crippen MR) is 49.1 cm³/mol. The van der Waals surface area contributed by atoms with E-state index in [1.807, 2.05) is 23.2 Å². The minimum Gasteiger partial charge on any atom is -0.198 e. The fraction of sp³-hybridized carbons (Fsp3) is 0.143. The Morgan fingerprint density at radius 1 is 1.42 bits per heavy atom. The number of hydrogen-bond donors (Lipinski definition) is 0.